The summed E-state index contributed by atoms with van der Waals surface area (Å²) in [5.74, 6) is 0.794. The average Bonchev–Trinajstić information content (AvgIpc) is 3.10. The Morgan fingerprint density at radius 3 is 3.00 bits per heavy atom. The fourth-order valence-electron chi connectivity index (χ4n) is 2.79. The molecule has 1 aliphatic rings. The Morgan fingerprint density at radius 2 is 2.12 bits per heavy atom. The van der Waals surface area contributed by atoms with E-state index < -0.39 is 5.82 Å². The van der Waals surface area contributed by atoms with E-state index in [2.05, 4.69) is 26.7 Å². The third-order valence-electron chi connectivity index (χ3n) is 4.06. The second kappa shape index (κ2) is 6.87. The molecule has 26 heavy (non-hydrogen) atoms. The molecule has 4 rings (SSSR count). The van der Waals surface area contributed by atoms with Crippen LogP contribution in [0.5, 0.6) is 11.5 Å². The monoisotopic (exact) mass is 352 g/mol. The molecule has 2 aromatic carbocycles. The van der Waals surface area contributed by atoms with Crippen LogP contribution in [0.4, 0.5) is 21.8 Å². The van der Waals surface area contributed by atoms with E-state index in [0.717, 1.165) is 30.5 Å². The number of nitrogens with one attached hydrogen (secondary N) is 2. The number of phenols is 1. The first-order valence-electron chi connectivity index (χ1n) is 8.24. The van der Waals surface area contributed by atoms with E-state index in [9.17, 15) is 9.50 Å². The van der Waals surface area contributed by atoms with Crippen LogP contribution < -0.4 is 15.4 Å². The van der Waals surface area contributed by atoms with Crippen molar-refractivity contribution in [2.45, 2.75) is 13.0 Å². The minimum absolute atomic E-state index is 0.0375. The number of benzene rings is 2. The molecule has 0 saturated carbocycles. The van der Waals surface area contributed by atoms with Crippen molar-refractivity contribution in [3.63, 3.8) is 0 Å². The van der Waals surface area contributed by atoms with Gasteiger partial charge in [-0.15, -0.1) is 0 Å². The van der Waals surface area contributed by atoms with Crippen molar-refractivity contribution in [2.24, 2.45) is 0 Å². The Hall–Kier alpha value is -3.35. The van der Waals surface area contributed by atoms with Crippen molar-refractivity contribution in [1.29, 1.82) is 0 Å². The number of fused-ring (bicyclic) bond motifs is 1. The number of hydrogen-bond acceptors (Lipinski definition) is 6. The predicted molar refractivity (Wildman–Crippen MR) is 96.3 cm³/mol. The van der Waals surface area contributed by atoms with E-state index in [1.165, 1.54) is 17.7 Å². The predicted octanol–water partition coefficient (Wildman–Crippen LogP) is 3.61. The topological polar surface area (TPSA) is 79.3 Å². The molecular weight excluding hydrogens is 335 g/mol. The number of nitrogens with zero attached hydrogens (tertiary/aromatic N) is 2. The summed E-state index contributed by atoms with van der Waals surface area (Å²) in [7, 11) is 0. The Balaban J connectivity index is 1.47. The van der Waals surface area contributed by atoms with Crippen LogP contribution in [0.1, 0.15) is 11.1 Å². The van der Waals surface area contributed by atoms with E-state index in [0.29, 0.717) is 18.2 Å². The third-order valence-corrected chi connectivity index (χ3v) is 4.06. The van der Waals surface area contributed by atoms with Gasteiger partial charge in [0.1, 0.15) is 11.5 Å². The Morgan fingerprint density at radius 1 is 1.19 bits per heavy atom. The first-order chi connectivity index (χ1) is 12.7. The van der Waals surface area contributed by atoms with Crippen LogP contribution in [0.25, 0.3) is 0 Å². The number of ether oxygens (including phenoxy) is 1. The molecule has 6 nitrogen and oxygen atoms in total. The summed E-state index contributed by atoms with van der Waals surface area (Å²) in [4.78, 5) is 8.14. The molecule has 0 spiro atoms. The minimum atomic E-state index is -0.575. The van der Waals surface area contributed by atoms with Gasteiger partial charge in [-0.2, -0.15) is 4.98 Å². The highest BCUT2D eigenvalue weighted by atomic mass is 19.1. The summed E-state index contributed by atoms with van der Waals surface area (Å²) in [5.41, 5.74) is 2.80. The SMILES string of the molecule is Oc1cccc(Nc2nc(NCc3ccc4c(c3)CCO4)ncc2F)c1. The van der Waals surface area contributed by atoms with Gasteiger partial charge in [-0.25, -0.2) is 9.37 Å². The number of aromatic nitrogens is 2. The van der Waals surface area contributed by atoms with Crippen LogP contribution >= 0.6 is 0 Å². The van der Waals surface area contributed by atoms with Gasteiger partial charge in [0.2, 0.25) is 5.95 Å². The van der Waals surface area contributed by atoms with Gasteiger partial charge in [0.15, 0.2) is 11.6 Å². The fraction of sp³-hybridized carbons (Fsp3) is 0.158. The normalized spacial score (nSPS) is 12.3. The summed E-state index contributed by atoms with van der Waals surface area (Å²) in [6.45, 7) is 1.24. The van der Waals surface area contributed by atoms with Gasteiger partial charge in [-0.05, 0) is 29.3 Å². The third kappa shape index (κ3) is 3.51. The molecule has 0 bridgehead atoms. The average molecular weight is 352 g/mol. The molecule has 1 aromatic heterocycles. The van der Waals surface area contributed by atoms with Crippen molar-refractivity contribution in [2.75, 3.05) is 17.2 Å². The van der Waals surface area contributed by atoms with E-state index in [1.54, 1.807) is 12.1 Å². The molecule has 2 heterocycles. The second-order valence-corrected chi connectivity index (χ2v) is 5.96. The molecule has 0 amide bonds. The minimum Gasteiger partial charge on any atom is -0.508 e. The number of aromatic hydroxyl groups is 1. The summed E-state index contributed by atoms with van der Waals surface area (Å²) in [6, 6.07) is 12.4. The van der Waals surface area contributed by atoms with Crippen LogP contribution in [0.3, 0.4) is 0 Å². The highest BCUT2D eigenvalue weighted by Gasteiger charge is 2.12. The van der Waals surface area contributed by atoms with Crippen molar-refractivity contribution >= 4 is 17.5 Å². The summed E-state index contributed by atoms with van der Waals surface area (Å²) < 4.78 is 19.5. The Kier molecular flexibility index (Phi) is 4.27. The molecule has 3 N–H and O–H groups in total. The number of rotatable bonds is 5. The smallest absolute Gasteiger partial charge is 0.225 e. The number of hydrogen-bond donors (Lipinski definition) is 3. The van der Waals surface area contributed by atoms with E-state index in [4.69, 9.17) is 4.74 Å². The van der Waals surface area contributed by atoms with Crippen molar-refractivity contribution in [3.8, 4) is 11.5 Å². The summed E-state index contributed by atoms with van der Waals surface area (Å²) in [5, 5.41) is 15.4. The lowest BCUT2D eigenvalue weighted by Crippen LogP contribution is -2.07. The largest absolute Gasteiger partial charge is 0.508 e. The zero-order valence-corrected chi connectivity index (χ0v) is 13.9. The van der Waals surface area contributed by atoms with Gasteiger partial charge in [-0.3, -0.25) is 0 Å². The highest BCUT2D eigenvalue weighted by molar-refractivity contribution is 5.59. The second-order valence-electron chi connectivity index (χ2n) is 5.96. The Labute approximate surface area is 149 Å². The molecule has 0 saturated heterocycles. The molecule has 0 unspecified atom stereocenters. The highest BCUT2D eigenvalue weighted by Crippen LogP contribution is 2.26. The zero-order valence-electron chi connectivity index (χ0n) is 13.9. The van der Waals surface area contributed by atoms with Crippen LogP contribution in [0, 0.1) is 5.82 Å². The van der Waals surface area contributed by atoms with Gasteiger partial charge in [0.05, 0.1) is 12.8 Å². The number of anilines is 3. The zero-order chi connectivity index (χ0) is 17.9. The summed E-state index contributed by atoms with van der Waals surface area (Å²) in [6.07, 6.45) is 2.02. The standard InChI is InChI=1S/C19H17FN4O2/c20-16-11-22-19(24-18(16)23-14-2-1-3-15(25)9-14)21-10-12-4-5-17-13(8-12)6-7-26-17/h1-5,8-9,11,25H,6-7,10H2,(H2,21,22,23,24). The maximum absolute atomic E-state index is 14.0. The molecule has 132 valence electrons. The van der Waals surface area contributed by atoms with E-state index in [1.807, 2.05) is 12.1 Å². The maximum Gasteiger partial charge on any atom is 0.225 e. The van der Waals surface area contributed by atoms with Gasteiger partial charge >= 0.3 is 0 Å². The van der Waals surface area contributed by atoms with Crippen molar-refractivity contribution in [1.82, 2.24) is 9.97 Å². The molecule has 3 aromatic rings. The Bertz CT molecular complexity index is 949. The number of phenolic OH excluding ortho intramolecular Hbond substituents is 1. The lowest BCUT2D eigenvalue weighted by molar-refractivity contribution is 0.357. The van der Waals surface area contributed by atoms with Crippen molar-refractivity contribution < 1.29 is 14.2 Å². The van der Waals surface area contributed by atoms with Crippen molar-refractivity contribution in [3.05, 3.63) is 65.6 Å². The molecule has 1 aliphatic heterocycles. The lowest BCUT2D eigenvalue weighted by Gasteiger charge is -2.10. The maximum atomic E-state index is 14.0. The molecule has 0 aliphatic carbocycles. The molecule has 0 fully saturated rings. The first-order valence-corrected chi connectivity index (χ1v) is 8.24. The van der Waals surface area contributed by atoms with Gasteiger partial charge in [0.25, 0.3) is 0 Å². The van der Waals surface area contributed by atoms with Crippen LogP contribution in [0.2, 0.25) is 0 Å². The number of halogens is 1. The van der Waals surface area contributed by atoms with Gasteiger partial charge in [0, 0.05) is 24.7 Å². The molecule has 0 atom stereocenters. The lowest BCUT2D eigenvalue weighted by atomic mass is 10.1. The fourth-order valence-corrected chi connectivity index (χ4v) is 2.79. The summed E-state index contributed by atoms with van der Waals surface area (Å²) >= 11 is 0. The quantitative estimate of drug-likeness (QED) is 0.651. The van der Waals surface area contributed by atoms with Gasteiger partial charge in [-0.1, -0.05) is 18.2 Å². The molecule has 7 heteroatoms. The molecular formula is C19H17FN4O2. The van der Waals surface area contributed by atoms with Crippen LogP contribution in [-0.4, -0.2) is 21.7 Å². The van der Waals surface area contributed by atoms with Crippen LogP contribution in [-0.2, 0) is 13.0 Å². The van der Waals surface area contributed by atoms with Gasteiger partial charge < -0.3 is 20.5 Å². The van der Waals surface area contributed by atoms with E-state index >= 15 is 0 Å². The van der Waals surface area contributed by atoms with E-state index in [-0.39, 0.29) is 11.6 Å². The van der Waals surface area contributed by atoms with Crippen LogP contribution in [0.15, 0.2) is 48.7 Å². The first kappa shape index (κ1) is 16.1. The molecule has 0 radical (unpaired) electrons.